The molecule has 7 heteroatoms. The van der Waals surface area contributed by atoms with Crippen LogP contribution in [0.15, 0.2) is 47.4 Å². The van der Waals surface area contributed by atoms with E-state index in [1.165, 1.54) is 11.3 Å². The fourth-order valence-corrected chi connectivity index (χ4v) is 5.06. The van der Waals surface area contributed by atoms with Gasteiger partial charge in [0.15, 0.2) is 0 Å². The molecule has 5 nitrogen and oxygen atoms in total. The van der Waals surface area contributed by atoms with Gasteiger partial charge in [-0.3, -0.25) is 0 Å². The molecular formula is C18H21IN2O3S. The van der Waals surface area contributed by atoms with Gasteiger partial charge in [-0.25, -0.2) is 13.1 Å². The molecule has 1 aliphatic rings. The molecule has 2 aromatic carbocycles. The van der Waals surface area contributed by atoms with Crippen molar-refractivity contribution in [3.05, 3.63) is 51.6 Å². The van der Waals surface area contributed by atoms with Crippen molar-refractivity contribution >= 4 is 38.3 Å². The predicted molar refractivity (Wildman–Crippen MR) is 108 cm³/mol. The van der Waals surface area contributed by atoms with E-state index in [0.29, 0.717) is 12.3 Å². The third kappa shape index (κ3) is 4.27. The Morgan fingerprint density at radius 1 is 1.24 bits per heavy atom. The van der Waals surface area contributed by atoms with Crippen LogP contribution in [0.1, 0.15) is 12.0 Å². The Morgan fingerprint density at radius 2 is 2.04 bits per heavy atom. The molecule has 25 heavy (non-hydrogen) atoms. The number of halogens is 1. The molecule has 0 amide bonds. The molecule has 0 bridgehead atoms. The lowest BCUT2D eigenvalue weighted by Gasteiger charge is -2.19. The van der Waals surface area contributed by atoms with E-state index in [1.807, 2.05) is 6.07 Å². The summed E-state index contributed by atoms with van der Waals surface area (Å²) in [4.78, 5) is 2.59. The Hall–Kier alpha value is -1.32. The molecule has 1 N–H and O–H groups in total. The lowest BCUT2D eigenvalue weighted by atomic mass is 10.2. The molecule has 0 spiro atoms. The Morgan fingerprint density at radius 3 is 2.80 bits per heavy atom. The number of anilines is 1. The van der Waals surface area contributed by atoms with Crippen LogP contribution in [-0.2, 0) is 16.4 Å². The van der Waals surface area contributed by atoms with Crippen molar-refractivity contribution in [1.29, 1.82) is 0 Å². The molecule has 134 valence electrons. The number of para-hydroxylation sites is 1. The number of nitrogens with one attached hydrogen (secondary N) is 1. The topological polar surface area (TPSA) is 58.6 Å². The summed E-state index contributed by atoms with van der Waals surface area (Å²) >= 11 is 2.07. The molecule has 0 aromatic heterocycles. The molecule has 0 saturated heterocycles. The average Bonchev–Trinajstić information content (AvgIpc) is 3.02. The summed E-state index contributed by atoms with van der Waals surface area (Å²) in [6.07, 6.45) is 1.83. The van der Waals surface area contributed by atoms with Gasteiger partial charge in [0.05, 0.1) is 15.6 Å². The van der Waals surface area contributed by atoms with Crippen molar-refractivity contribution in [3.8, 4) is 5.75 Å². The van der Waals surface area contributed by atoms with Gasteiger partial charge in [-0.15, -0.1) is 0 Å². The van der Waals surface area contributed by atoms with Gasteiger partial charge < -0.3 is 9.64 Å². The average molecular weight is 472 g/mol. The van der Waals surface area contributed by atoms with Crippen molar-refractivity contribution in [2.75, 3.05) is 31.6 Å². The summed E-state index contributed by atoms with van der Waals surface area (Å²) in [5.74, 6) is 0.673. The van der Waals surface area contributed by atoms with Gasteiger partial charge in [-0.05, 0) is 65.3 Å². The highest BCUT2D eigenvalue weighted by Crippen LogP contribution is 2.27. The van der Waals surface area contributed by atoms with E-state index in [9.17, 15) is 8.42 Å². The van der Waals surface area contributed by atoms with Crippen molar-refractivity contribution in [1.82, 2.24) is 4.72 Å². The lowest BCUT2D eigenvalue weighted by Crippen LogP contribution is -2.29. The van der Waals surface area contributed by atoms with Crippen molar-refractivity contribution < 1.29 is 13.2 Å². The van der Waals surface area contributed by atoms with Crippen molar-refractivity contribution in [2.45, 2.75) is 17.7 Å². The van der Waals surface area contributed by atoms with E-state index < -0.39 is 10.0 Å². The summed E-state index contributed by atoms with van der Waals surface area (Å²) < 4.78 is 33.5. The second kappa shape index (κ2) is 7.92. The van der Waals surface area contributed by atoms with Crippen LogP contribution in [0.25, 0.3) is 0 Å². The van der Waals surface area contributed by atoms with Gasteiger partial charge in [-0.1, -0.05) is 18.2 Å². The van der Waals surface area contributed by atoms with Crippen LogP contribution in [0.4, 0.5) is 5.69 Å². The zero-order valence-corrected chi connectivity index (χ0v) is 17.0. The molecular weight excluding hydrogens is 451 g/mol. The molecule has 0 atom stereocenters. The SMILES string of the molecule is COc1ccc(S(=O)(=O)NCCCN2CCc3ccccc32)cc1I. The Balaban J connectivity index is 1.54. The number of fused-ring (bicyclic) bond motifs is 1. The maximum Gasteiger partial charge on any atom is 0.240 e. The van der Waals surface area contributed by atoms with Crippen LogP contribution in [0.5, 0.6) is 5.75 Å². The molecule has 0 unspecified atom stereocenters. The molecule has 0 aliphatic carbocycles. The normalized spacial score (nSPS) is 13.8. The van der Waals surface area contributed by atoms with Gasteiger partial charge in [0.2, 0.25) is 10.0 Å². The van der Waals surface area contributed by atoms with Gasteiger partial charge in [-0.2, -0.15) is 0 Å². The highest BCUT2D eigenvalue weighted by atomic mass is 127. The fraction of sp³-hybridized carbons (Fsp3) is 0.333. The number of ether oxygens (including phenoxy) is 1. The maximum absolute atomic E-state index is 12.4. The third-order valence-corrected chi connectivity index (χ3v) is 6.62. The molecule has 0 radical (unpaired) electrons. The number of methoxy groups -OCH3 is 1. The molecule has 3 rings (SSSR count). The number of nitrogens with zero attached hydrogens (tertiary/aromatic N) is 1. The fourth-order valence-electron chi connectivity index (χ4n) is 3.01. The van der Waals surface area contributed by atoms with E-state index in [-0.39, 0.29) is 4.90 Å². The smallest absolute Gasteiger partial charge is 0.240 e. The number of hydrogen-bond acceptors (Lipinski definition) is 4. The maximum atomic E-state index is 12.4. The van der Waals surface area contributed by atoms with E-state index >= 15 is 0 Å². The molecule has 1 aliphatic heterocycles. The minimum Gasteiger partial charge on any atom is -0.496 e. The van der Waals surface area contributed by atoms with Crippen LogP contribution in [0.2, 0.25) is 0 Å². The van der Waals surface area contributed by atoms with E-state index in [1.54, 1.807) is 25.3 Å². The standard InChI is InChI=1S/C18H21IN2O3S/c1-24-18-8-7-15(13-16(18)19)25(22,23)20-10-4-11-21-12-9-14-5-2-3-6-17(14)21/h2-3,5-8,13,20H,4,9-12H2,1H3. The van der Waals surface area contributed by atoms with Gasteiger partial charge in [0.25, 0.3) is 0 Å². The van der Waals surface area contributed by atoms with E-state index in [2.05, 4.69) is 50.4 Å². The van der Waals surface area contributed by atoms with E-state index in [4.69, 9.17) is 4.74 Å². The van der Waals surface area contributed by atoms with Crippen LogP contribution in [0, 0.1) is 3.57 Å². The van der Waals surface area contributed by atoms with Gasteiger partial charge >= 0.3 is 0 Å². The van der Waals surface area contributed by atoms with Crippen LogP contribution >= 0.6 is 22.6 Å². The lowest BCUT2D eigenvalue weighted by molar-refractivity contribution is 0.411. The summed E-state index contributed by atoms with van der Waals surface area (Å²) in [7, 11) is -1.92. The number of sulfonamides is 1. The second-order valence-corrected chi connectivity index (χ2v) is 8.84. The summed E-state index contributed by atoms with van der Waals surface area (Å²) in [5.41, 5.74) is 2.64. The van der Waals surface area contributed by atoms with Crippen LogP contribution < -0.4 is 14.4 Å². The van der Waals surface area contributed by atoms with E-state index in [0.717, 1.165) is 29.5 Å². The first-order valence-electron chi connectivity index (χ1n) is 8.17. The summed E-state index contributed by atoms with van der Waals surface area (Å²) in [6, 6.07) is 13.3. The van der Waals surface area contributed by atoms with Crippen molar-refractivity contribution in [2.24, 2.45) is 0 Å². The highest BCUT2D eigenvalue weighted by molar-refractivity contribution is 14.1. The largest absolute Gasteiger partial charge is 0.496 e. The zero-order valence-electron chi connectivity index (χ0n) is 14.0. The first-order valence-corrected chi connectivity index (χ1v) is 10.7. The van der Waals surface area contributed by atoms with Crippen molar-refractivity contribution in [3.63, 3.8) is 0 Å². The zero-order chi connectivity index (χ0) is 17.9. The Kier molecular flexibility index (Phi) is 5.85. The molecule has 0 saturated carbocycles. The second-order valence-electron chi connectivity index (χ2n) is 5.91. The minimum absolute atomic E-state index is 0.268. The predicted octanol–water partition coefficient (Wildman–Crippen LogP) is 3.03. The molecule has 2 aromatic rings. The first kappa shape index (κ1) is 18.5. The Bertz CT molecular complexity index is 855. The number of benzene rings is 2. The number of hydrogen-bond donors (Lipinski definition) is 1. The van der Waals surface area contributed by atoms with Gasteiger partial charge in [0.1, 0.15) is 5.75 Å². The quantitative estimate of drug-likeness (QED) is 0.498. The molecule has 0 fully saturated rings. The highest BCUT2D eigenvalue weighted by Gasteiger charge is 2.19. The minimum atomic E-state index is -3.49. The monoisotopic (exact) mass is 472 g/mol. The summed E-state index contributed by atoms with van der Waals surface area (Å²) in [6.45, 7) is 2.27. The third-order valence-electron chi connectivity index (χ3n) is 4.31. The summed E-state index contributed by atoms with van der Waals surface area (Å²) in [5, 5.41) is 0. The molecule has 1 heterocycles. The van der Waals surface area contributed by atoms with Crippen LogP contribution in [0.3, 0.4) is 0 Å². The van der Waals surface area contributed by atoms with Crippen LogP contribution in [-0.4, -0.2) is 35.2 Å². The number of rotatable bonds is 7. The Labute approximate surface area is 162 Å². The van der Waals surface area contributed by atoms with Gasteiger partial charge in [0, 0.05) is 25.3 Å². The first-order chi connectivity index (χ1) is 12.0.